The number of halogens is 1. The number of likely N-dealkylation sites (tertiary alicyclic amines) is 1. The van der Waals surface area contributed by atoms with Crippen LogP contribution in [0, 0.1) is 22.6 Å². The van der Waals surface area contributed by atoms with Crippen molar-refractivity contribution in [2.45, 2.75) is 45.1 Å². The van der Waals surface area contributed by atoms with E-state index in [9.17, 15) is 4.39 Å². The lowest BCUT2D eigenvalue weighted by Crippen LogP contribution is -2.38. The van der Waals surface area contributed by atoms with Crippen LogP contribution in [0.5, 0.6) is 0 Å². The molecule has 0 unspecified atom stereocenters. The zero-order valence-electron chi connectivity index (χ0n) is 11.9. The molecule has 0 amide bonds. The van der Waals surface area contributed by atoms with Gasteiger partial charge >= 0.3 is 0 Å². The molecule has 1 spiro atoms. The average Bonchev–Trinajstić information content (AvgIpc) is 2.92. The lowest BCUT2D eigenvalue weighted by Gasteiger charge is -2.39. The molecule has 0 N–H and O–H groups in total. The Morgan fingerprint density at radius 2 is 1.85 bits per heavy atom. The van der Waals surface area contributed by atoms with Crippen LogP contribution in [0.2, 0.25) is 0 Å². The molecule has 1 saturated carbocycles. The zero-order chi connectivity index (χ0) is 14.0. The first-order chi connectivity index (χ1) is 9.71. The first-order valence-corrected chi connectivity index (χ1v) is 7.62. The number of rotatable bonds is 2. The summed E-state index contributed by atoms with van der Waals surface area (Å²) in [5, 5.41) is 8.77. The lowest BCUT2D eigenvalue weighted by molar-refractivity contribution is 0.103. The Bertz CT molecular complexity index is 516. The lowest BCUT2D eigenvalue weighted by atomic mass is 9.77. The summed E-state index contributed by atoms with van der Waals surface area (Å²) < 4.78 is 13.9. The summed E-state index contributed by atoms with van der Waals surface area (Å²) in [6, 6.07) is 6.79. The van der Waals surface area contributed by atoms with E-state index in [1.807, 2.05) is 6.07 Å². The minimum atomic E-state index is -0.245. The zero-order valence-corrected chi connectivity index (χ0v) is 11.9. The molecule has 0 bridgehead atoms. The predicted molar refractivity (Wildman–Crippen MR) is 76.5 cm³/mol. The maximum absolute atomic E-state index is 13.9. The molecule has 20 heavy (non-hydrogen) atoms. The van der Waals surface area contributed by atoms with Crippen molar-refractivity contribution in [1.29, 1.82) is 5.26 Å². The summed E-state index contributed by atoms with van der Waals surface area (Å²) in [6.45, 7) is 2.84. The molecule has 3 heteroatoms. The molecule has 1 aliphatic carbocycles. The molecule has 0 aromatic heterocycles. The van der Waals surface area contributed by atoms with Crippen molar-refractivity contribution in [2.75, 3.05) is 13.1 Å². The maximum atomic E-state index is 13.9. The van der Waals surface area contributed by atoms with Gasteiger partial charge in [0.2, 0.25) is 0 Å². The summed E-state index contributed by atoms with van der Waals surface area (Å²) >= 11 is 0. The van der Waals surface area contributed by atoms with Gasteiger partial charge in [0.1, 0.15) is 5.82 Å². The van der Waals surface area contributed by atoms with Crippen LogP contribution in [0.3, 0.4) is 0 Å². The number of piperidine rings is 1. The molecule has 1 aromatic carbocycles. The quantitative estimate of drug-likeness (QED) is 0.817. The Labute approximate surface area is 120 Å². The predicted octanol–water partition coefficient (Wildman–Crippen LogP) is 3.85. The second-order valence-corrected chi connectivity index (χ2v) is 6.40. The van der Waals surface area contributed by atoms with Gasteiger partial charge in [0, 0.05) is 12.1 Å². The molecule has 106 valence electrons. The highest BCUT2D eigenvalue weighted by Gasteiger charge is 2.36. The Balaban J connectivity index is 1.61. The van der Waals surface area contributed by atoms with Gasteiger partial charge in [0.05, 0.1) is 11.6 Å². The fraction of sp³-hybridized carbons (Fsp3) is 0.588. The monoisotopic (exact) mass is 272 g/mol. The minimum Gasteiger partial charge on any atom is -0.299 e. The molecular formula is C17H21FN2. The minimum absolute atomic E-state index is 0.245. The van der Waals surface area contributed by atoms with E-state index >= 15 is 0 Å². The third-order valence-corrected chi connectivity index (χ3v) is 5.16. The van der Waals surface area contributed by atoms with Gasteiger partial charge in [0.25, 0.3) is 0 Å². The molecule has 0 radical (unpaired) electrons. The number of nitrogens with zero attached hydrogens (tertiary/aromatic N) is 2. The molecule has 0 atom stereocenters. The van der Waals surface area contributed by atoms with Crippen LogP contribution in [-0.2, 0) is 6.54 Å². The van der Waals surface area contributed by atoms with Crippen LogP contribution in [0.4, 0.5) is 4.39 Å². The maximum Gasteiger partial charge on any atom is 0.129 e. The molecule has 2 nitrogen and oxygen atoms in total. The van der Waals surface area contributed by atoms with Crippen LogP contribution in [0.25, 0.3) is 0 Å². The van der Waals surface area contributed by atoms with Crippen LogP contribution in [-0.4, -0.2) is 18.0 Å². The Morgan fingerprint density at radius 1 is 1.15 bits per heavy atom. The van der Waals surface area contributed by atoms with Crippen molar-refractivity contribution in [3.63, 3.8) is 0 Å². The highest BCUT2D eigenvalue weighted by atomic mass is 19.1. The summed E-state index contributed by atoms with van der Waals surface area (Å²) in [6.07, 6.45) is 8.11. The Hall–Kier alpha value is -1.40. The van der Waals surface area contributed by atoms with Gasteiger partial charge in [0.15, 0.2) is 0 Å². The summed E-state index contributed by atoms with van der Waals surface area (Å²) in [5.74, 6) is -0.245. The first-order valence-electron chi connectivity index (χ1n) is 7.62. The number of benzene rings is 1. The van der Waals surface area contributed by atoms with E-state index < -0.39 is 0 Å². The smallest absolute Gasteiger partial charge is 0.129 e. The fourth-order valence-corrected chi connectivity index (χ4v) is 3.80. The van der Waals surface area contributed by atoms with Crippen LogP contribution >= 0.6 is 0 Å². The van der Waals surface area contributed by atoms with Crippen molar-refractivity contribution in [3.05, 3.63) is 35.1 Å². The van der Waals surface area contributed by atoms with E-state index in [2.05, 4.69) is 4.90 Å². The molecule has 2 fully saturated rings. The standard InChI is InChI=1S/C17H21FN2/c18-16-11-14(12-19)3-4-15(16)13-20-9-7-17(8-10-20)5-1-2-6-17/h3-4,11H,1-2,5-10,13H2. The molecule has 1 aromatic rings. The van der Waals surface area contributed by atoms with E-state index in [-0.39, 0.29) is 5.82 Å². The SMILES string of the molecule is N#Cc1ccc(CN2CCC3(CCCC3)CC2)c(F)c1. The third kappa shape index (κ3) is 2.71. The van der Waals surface area contributed by atoms with Crippen molar-refractivity contribution < 1.29 is 4.39 Å². The van der Waals surface area contributed by atoms with Gasteiger partial charge < -0.3 is 0 Å². The van der Waals surface area contributed by atoms with Gasteiger partial charge in [-0.2, -0.15) is 5.26 Å². The number of hydrogen-bond acceptors (Lipinski definition) is 2. The number of nitriles is 1. The van der Waals surface area contributed by atoms with Crippen LogP contribution in [0.15, 0.2) is 18.2 Å². The van der Waals surface area contributed by atoms with Crippen molar-refractivity contribution in [2.24, 2.45) is 5.41 Å². The molecule has 1 heterocycles. The third-order valence-electron chi connectivity index (χ3n) is 5.16. The van der Waals surface area contributed by atoms with Crippen molar-refractivity contribution in [1.82, 2.24) is 4.90 Å². The van der Waals surface area contributed by atoms with E-state index in [1.165, 1.54) is 44.6 Å². The largest absolute Gasteiger partial charge is 0.299 e. The first kappa shape index (κ1) is 13.6. The van der Waals surface area contributed by atoms with Gasteiger partial charge in [-0.3, -0.25) is 4.90 Å². The Kier molecular flexibility index (Phi) is 3.76. The van der Waals surface area contributed by atoms with Gasteiger partial charge in [-0.25, -0.2) is 4.39 Å². The van der Waals surface area contributed by atoms with E-state index in [0.29, 0.717) is 23.1 Å². The highest BCUT2D eigenvalue weighted by molar-refractivity contribution is 5.32. The second-order valence-electron chi connectivity index (χ2n) is 6.40. The fourth-order valence-electron chi connectivity index (χ4n) is 3.80. The van der Waals surface area contributed by atoms with E-state index in [1.54, 1.807) is 12.1 Å². The molecule has 3 rings (SSSR count). The normalized spacial score (nSPS) is 22.0. The average molecular weight is 272 g/mol. The topological polar surface area (TPSA) is 27.0 Å². The molecular weight excluding hydrogens is 251 g/mol. The summed E-state index contributed by atoms with van der Waals surface area (Å²) in [7, 11) is 0. The summed E-state index contributed by atoms with van der Waals surface area (Å²) in [4.78, 5) is 2.36. The van der Waals surface area contributed by atoms with E-state index in [0.717, 1.165) is 13.1 Å². The van der Waals surface area contributed by atoms with Crippen molar-refractivity contribution in [3.8, 4) is 6.07 Å². The molecule has 1 aliphatic heterocycles. The van der Waals surface area contributed by atoms with Gasteiger partial charge in [-0.05, 0) is 56.3 Å². The van der Waals surface area contributed by atoms with E-state index in [4.69, 9.17) is 5.26 Å². The highest BCUT2D eigenvalue weighted by Crippen LogP contribution is 2.46. The second kappa shape index (κ2) is 5.54. The van der Waals surface area contributed by atoms with Crippen LogP contribution in [0.1, 0.15) is 49.7 Å². The van der Waals surface area contributed by atoms with Crippen LogP contribution < -0.4 is 0 Å². The Morgan fingerprint density at radius 3 is 2.45 bits per heavy atom. The molecule has 1 saturated heterocycles. The van der Waals surface area contributed by atoms with Crippen molar-refractivity contribution >= 4 is 0 Å². The summed E-state index contributed by atoms with van der Waals surface area (Å²) in [5.41, 5.74) is 1.72. The number of hydrogen-bond donors (Lipinski definition) is 0. The van der Waals surface area contributed by atoms with Gasteiger partial charge in [-0.1, -0.05) is 18.9 Å². The molecule has 2 aliphatic rings. The van der Waals surface area contributed by atoms with Gasteiger partial charge in [-0.15, -0.1) is 0 Å².